The third kappa shape index (κ3) is 4.99. The number of amides is 2. The zero-order chi connectivity index (χ0) is 18.4. The van der Waals surface area contributed by atoms with Gasteiger partial charge < -0.3 is 20.7 Å². The molecule has 0 bridgehead atoms. The number of thiol groups is 1. The number of rotatable bonds is 8. The molecule has 0 saturated carbocycles. The van der Waals surface area contributed by atoms with Crippen molar-refractivity contribution in [3.8, 4) is 0 Å². The summed E-state index contributed by atoms with van der Waals surface area (Å²) in [5.41, 5.74) is 1.71. The maximum absolute atomic E-state index is 11.9. The second-order valence-corrected chi connectivity index (χ2v) is 6.19. The molecule has 0 aliphatic rings. The second-order valence-electron chi connectivity index (χ2n) is 5.82. The van der Waals surface area contributed by atoms with Gasteiger partial charge in [0.2, 0.25) is 11.8 Å². The first-order chi connectivity index (χ1) is 11.9. The Kier molecular flexibility index (Phi) is 6.46. The van der Waals surface area contributed by atoms with Gasteiger partial charge in [0.15, 0.2) is 0 Å². The highest BCUT2D eigenvalue weighted by Crippen LogP contribution is 2.19. The average Bonchev–Trinajstić information content (AvgIpc) is 3.01. The Hall–Kier alpha value is -2.48. The Balaban J connectivity index is 1.98. The highest BCUT2D eigenvalue weighted by Gasteiger charge is 2.22. The van der Waals surface area contributed by atoms with Crippen LogP contribution in [0.2, 0.25) is 0 Å². The van der Waals surface area contributed by atoms with Crippen molar-refractivity contribution in [2.45, 2.75) is 19.4 Å². The quantitative estimate of drug-likeness (QED) is 0.450. The molecular formula is C17H21N3O4S. The van der Waals surface area contributed by atoms with Crippen LogP contribution in [0, 0.1) is 5.92 Å². The number of aromatic nitrogens is 1. The Morgan fingerprint density at radius 3 is 2.68 bits per heavy atom. The van der Waals surface area contributed by atoms with E-state index in [0.29, 0.717) is 5.75 Å². The molecule has 0 fully saturated rings. The zero-order valence-corrected chi connectivity index (χ0v) is 14.7. The number of nitrogens with one attached hydrogen (secondary N) is 3. The molecule has 2 aromatic rings. The molecule has 1 aromatic heterocycles. The summed E-state index contributed by atoms with van der Waals surface area (Å²) in [6.45, 7) is 1.42. The van der Waals surface area contributed by atoms with Crippen LogP contribution in [0.15, 0.2) is 30.5 Å². The van der Waals surface area contributed by atoms with Crippen LogP contribution in [0.5, 0.6) is 0 Å². The number of para-hydroxylation sites is 1. The minimum atomic E-state index is -1.13. The van der Waals surface area contributed by atoms with E-state index >= 15 is 0 Å². The standard InChI is InChI=1S/C17H21N3O4S/c1-10(9-25)16(22)19-8-15(21)20-14(17(23)24)6-11-7-18-13-5-3-2-4-12(11)13/h2-5,7,10,14,18,25H,6,8-9H2,1H3,(H,19,22)(H,20,21)(H,23,24). The number of hydrogen-bond donors (Lipinski definition) is 5. The molecule has 0 spiro atoms. The van der Waals surface area contributed by atoms with Gasteiger partial charge in [0.05, 0.1) is 6.54 Å². The van der Waals surface area contributed by atoms with Gasteiger partial charge in [0.1, 0.15) is 6.04 Å². The van der Waals surface area contributed by atoms with E-state index < -0.39 is 17.9 Å². The number of carbonyl (C=O) groups is 3. The van der Waals surface area contributed by atoms with Crippen molar-refractivity contribution in [2.24, 2.45) is 5.92 Å². The van der Waals surface area contributed by atoms with Gasteiger partial charge in [-0.3, -0.25) is 9.59 Å². The lowest BCUT2D eigenvalue weighted by Crippen LogP contribution is -2.47. The van der Waals surface area contributed by atoms with Crippen LogP contribution in [-0.2, 0) is 20.8 Å². The monoisotopic (exact) mass is 363 g/mol. The van der Waals surface area contributed by atoms with Gasteiger partial charge >= 0.3 is 5.97 Å². The van der Waals surface area contributed by atoms with Crippen LogP contribution < -0.4 is 10.6 Å². The van der Waals surface area contributed by atoms with E-state index in [0.717, 1.165) is 16.5 Å². The Labute approximate surface area is 150 Å². The molecule has 7 nitrogen and oxygen atoms in total. The minimum Gasteiger partial charge on any atom is -0.480 e. The molecule has 2 atom stereocenters. The van der Waals surface area contributed by atoms with Gasteiger partial charge in [-0.05, 0) is 11.6 Å². The average molecular weight is 363 g/mol. The number of H-pyrrole nitrogens is 1. The fraction of sp³-hybridized carbons (Fsp3) is 0.353. The van der Waals surface area contributed by atoms with Gasteiger partial charge in [0.25, 0.3) is 0 Å². The van der Waals surface area contributed by atoms with Crippen LogP contribution in [0.1, 0.15) is 12.5 Å². The van der Waals surface area contributed by atoms with Crippen molar-refractivity contribution in [2.75, 3.05) is 12.3 Å². The molecular weight excluding hydrogens is 342 g/mol. The van der Waals surface area contributed by atoms with Gasteiger partial charge in [-0.2, -0.15) is 12.6 Å². The Bertz CT molecular complexity index is 774. The van der Waals surface area contributed by atoms with E-state index in [9.17, 15) is 19.5 Å². The number of carboxylic acids is 1. The first-order valence-electron chi connectivity index (χ1n) is 7.88. The summed E-state index contributed by atoms with van der Waals surface area (Å²) in [5.74, 6) is -1.93. The smallest absolute Gasteiger partial charge is 0.326 e. The van der Waals surface area contributed by atoms with Gasteiger partial charge in [-0.25, -0.2) is 4.79 Å². The number of aromatic amines is 1. The van der Waals surface area contributed by atoms with E-state index in [4.69, 9.17) is 0 Å². The maximum atomic E-state index is 11.9. The van der Waals surface area contributed by atoms with Crippen LogP contribution in [0.3, 0.4) is 0 Å². The fourth-order valence-electron chi connectivity index (χ4n) is 2.39. The third-order valence-electron chi connectivity index (χ3n) is 3.88. The molecule has 134 valence electrons. The summed E-state index contributed by atoms with van der Waals surface area (Å²) in [7, 11) is 0. The second kappa shape index (κ2) is 8.57. The lowest BCUT2D eigenvalue weighted by atomic mass is 10.0. The van der Waals surface area contributed by atoms with Crippen LogP contribution in [0.25, 0.3) is 10.9 Å². The van der Waals surface area contributed by atoms with Gasteiger partial charge in [-0.15, -0.1) is 0 Å². The third-order valence-corrected chi connectivity index (χ3v) is 4.42. The molecule has 2 unspecified atom stereocenters. The number of benzene rings is 1. The predicted molar refractivity (Wildman–Crippen MR) is 97.6 cm³/mol. The van der Waals surface area contributed by atoms with E-state index in [1.54, 1.807) is 13.1 Å². The van der Waals surface area contributed by atoms with Crippen molar-refractivity contribution in [3.05, 3.63) is 36.0 Å². The molecule has 1 aromatic carbocycles. The van der Waals surface area contributed by atoms with Crippen LogP contribution in [0.4, 0.5) is 0 Å². The highest BCUT2D eigenvalue weighted by molar-refractivity contribution is 7.80. The summed E-state index contributed by atoms with van der Waals surface area (Å²) in [4.78, 5) is 38.1. The normalized spacial score (nSPS) is 13.2. The van der Waals surface area contributed by atoms with E-state index in [-0.39, 0.29) is 24.8 Å². The highest BCUT2D eigenvalue weighted by atomic mass is 32.1. The Morgan fingerprint density at radius 1 is 1.28 bits per heavy atom. The van der Waals surface area contributed by atoms with Crippen LogP contribution in [-0.4, -0.2) is 46.2 Å². The molecule has 0 saturated heterocycles. The molecule has 4 N–H and O–H groups in total. The first-order valence-corrected chi connectivity index (χ1v) is 8.51. The first kappa shape index (κ1) is 18.9. The number of hydrogen-bond acceptors (Lipinski definition) is 4. The van der Waals surface area contributed by atoms with Crippen molar-refractivity contribution < 1.29 is 19.5 Å². The number of carbonyl (C=O) groups excluding carboxylic acids is 2. The largest absolute Gasteiger partial charge is 0.480 e. The number of carboxylic acid groups (broad SMARTS) is 1. The number of aliphatic carboxylic acids is 1. The predicted octanol–water partition coefficient (Wildman–Crippen LogP) is 0.962. The zero-order valence-electron chi connectivity index (χ0n) is 13.8. The lowest BCUT2D eigenvalue weighted by molar-refractivity contribution is -0.141. The summed E-state index contributed by atoms with van der Waals surface area (Å²) < 4.78 is 0. The minimum absolute atomic E-state index is 0.145. The summed E-state index contributed by atoms with van der Waals surface area (Å²) in [5, 5.41) is 15.2. The molecule has 25 heavy (non-hydrogen) atoms. The van der Waals surface area contributed by atoms with E-state index in [1.165, 1.54) is 0 Å². The van der Waals surface area contributed by atoms with Gasteiger partial charge in [-0.1, -0.05) is 25.1 Å². The number of fused-ring (bicyclic) bond motifs is 1. The van der Waals surface area contributed by atoms with Crippen molar-refractivity contribution >= 4 is 41.3 Å². The summed E-state index contributed by atoms with van der Waals surface area (Å²) in [6.07, 6.45) is 1.88. The Morgan fingerprint density at radius 2 is 2.00 bits per heavy atom. The SMILES string of the molecule is CC(CS)C(=O)NCC(=O)NC(Cc1c[nH]c2ccccc12)C(=O)O. The van der Waals surface area contributed by atoms with Gasteiger partial charge in [0, 0.05) is 35.2 Å². The lowest BCUT2D eigenvalue weighted by Gasteiger charge is -2.15. The van der Waals surface area contributed by atoms with Crippen molar-refractivity contribution in [1.29, 1.82) is 0 Å². The topological polar surface area (TPSA) is 111 Å². The molecule has 1 heterocycles. The van der Waals surface area contributed by atoms with Crippen LogP contribution >= 0.6 is 12.6 Å². The van der Waals surface area contributed by atoms with E-state index in [1.807, 2.05) is 24.3 Å². The molecule has 2 amide bonds. The molecule has 0 aliphatic heterocycles. The van der Waals surface area contributed by atoms with Crippen molar-refractivity contribution in [1.82, 2.24) is 15.6 Å². The maximum Gasteiger partial charge on any atom is 0.326 e. The molecule has 8 heteroatoms. The summed E-state index contributed by atoms with van der Waals surface area (Å²) in [6, 6.07) is 6.46. The van der Waals surface area contributed by atoms with Crippen molar-refractivity contribution in [3.63, 3.8) is 0 Å². The molecule has 0 aliphatic carbocycles. The fourth-order valence-corrected chi connectivity index (χ4v) is 2.56. The summed E-state index contributed by atoms with van der Waals surface area (Å²) >= 11 is 4.02. The van der Waals surface area contributed by atoms with E-state index in [2.05, 4.69) is 28.2 Å². The molecule has 2 rings (SSSR count). The molecule has 0 radical (unpaired) electrons.